The summed E-state index contributed by atoms with van der Waals surface area (Å²) in [6.45, 7) is 3.61. The van der Waals surface area contributed by atoms with Gasteiger partial charge in [0.15, 0.2) is 0 Å². The molecule has 0 bridgehead atoms. The summed E-state index contributed by atoms with van der Waals surface area (Å²) >= 11 is 0. The number of hydrogen-bond donors (Lipinski definition) is 0. The van der Waals surface area contributed by atoms with Crippen LogP contribution in [0.5, 0.6) is 0 Å². The van der Waals surface area contributed by atoms with Crippen molar-refractivity contribution in [1.82, 2.24) is 4.90 Å². The smallest absolute Gasteiger partial charge is 0.409 e. The predicted octanol–water partition coefficient (Wildman–Crippen LogP) is 4.60. The number of methoxy groups -OCH3 is 1. The Hall–Kier alpha value is -1.55. The molecule has 0 N–H and O–H groups in total. The molecule has 2 fully saturated rings. The lowest BCUT2D eigenvalue weighted by molar-refractivity contribution is -0.0232. The first-order valence-electron chi connectivity index (χ1n) is 9.68. The lowest BCUT2D eigenvalue weighted by atomic mass is 9.83. The Kier molecular flexibility index (Phi) is 6.35. The fraction of sp³-hybridized carbons (Fsp3) is 0.667. The summed E-state index contributed by atoms with van der Waals surface area (Å²) < 4.78 is 11.2. The molecule has 2 atom stereocenters. The fourth-order valence-corrected chi connectivity index (χ4v) is 4.26. The van der Waals surface area contributed by atoms with E-state index in [1.165, 1.54) is 25.5 Å². The molecule has 1 heterocycles. The third-order valence-corrected chi connectivity index (χ3v) is 5.82. The molecule has 3 rings (SSSR count). The predicted molar refractivity (Wildman–Crippen MR) is 98.7 cm³/mol. The SMILES string of the molecule is COC(=O)N1C[C@@H](C)CCC1COC1CCC(c2ccccc2)CC1. The third kappa shape index (κ3) is 4.75. The summed E-state index contributed by atoms with van der Waals surface area (Å²) in [5, 5.41) is 0. The number of likely N-dealkylation sites (tertiary alicyclic amines) is 1. The Balaban J connectivity index is 1.46. The van der Waals surface area contributed by atoms with Gasteiger partial charge in [0.1, 0.15) is 0 Å². The lowest BCUT2D eigenvalue weighted by Crippen LogP contribution is -2.49. The van der Waals surface area contributed by atoms with Crippen LogP contribution >= 0.6 is 0 Å². The van der Waals surface area contributed by atoms with Crippen LogP contribution in [0.2, 0.25) is 0 Å². The van der Waals surface area contributed by atoms with Gasteiger partial charge in [-0.3, -0.25) is 0 Å². The molecule has 1 aliphatic heterocycles. The van der Waals surface area contributed by atoms with E-state index in [0.29, 0.717) is 24.5 Å². The van der Waals surface area contributed by atoms with Gasteiger partial charge in [0.2, 0.25) is 0 Å². The second-order valence-electron chi connectivity index (χ2n) is 7.68. The number of piperidine rings is 1. The van der Waals surface area contributed by atoms with E-state index >= 15 is 0 Å². The summed E-state index contributed by atoms with van der Waals surface area (Å²) in [5.74, 6) is 1.21. The average Bonchev–Trinajstić information content (AvgIpc) is 2.67. The maximum atomic E-state index is 12.0. The van der Waals surface area contributed by atoms with E-state index in [4.69, 9.17) is 9.47 Å². The van der Waals surface area contributed by atoms with Crippen LogP contribution < -0.4 is 0 Å². The van der Waals surface area contributed by atoms with Crippen LogP contribution in [0.3, 0.4) is 0 Å². The van der Waals surface area contributed by atoms with Crippen molar-refractivity contribution in [3.05, 3.63) is 35.9 Å². The van der Waals surface area contributed by atoms with E-state index in [0.717, 1.165) is 32.2 Å². The Morgan fingerprint density at radius 3 is 2.48 bits per heavy atom. The Labute approximate surface area is 151 Å². The van der Waals surface area contributed by atoms with Crippen LogP contribution in [0.1, 0.15) is 56.9 Å². The summed E-state index contributed by atoms with van der Waals surface area (Å²) in [5.41, 5.74) is 1.46. The van der Waals surface area contributed by atoms with Gasteiger partial charge in [-0.25, -0.2) is 4.79 Å². The lowest BCUT2D eigenvalue weighted by Gasteiger charge is -2.38. The monoisotopic (exact) mass is 345 g/mol. The van der Waals surface area contributed by atoms with Gasteiger partial charge >= 0.3 is 6.09 Å². The molecular weight excluding hydrogens is 314 g/mol. The molecule has 1 saturated heterocycles. The van der Waals surface area contributed by atoms with Gasteiger partial charge in [-0.05, 0) is 55.9 Å². The molecule has 4 nitrogen and oxygen atoms in total. The maximum Gasteiger partial charge on any atom is 0.409 e. The van der Waals surface area contributed by atoms with Crippen molar-refractivity contribution in [2.45, 2.75) is 63.5 Å². The quantitative estimate of drug-likeness (QED) is 0.801. The van der Waals surface area contributed by atoms with Gasteiger partial charge in [-0.15, -0.1) is 0 Å². The van der Waals surface area contributed by atoms with E-state index in [9.17, 15) is 4.79 Å². The zero-order valence-electron chi connectivity index (χ0n) is 15.5. The molecular formula is C21H31NO3. The number of ether oxygens (including phenoxy) is 2. The number of carbonyl (C=O) groups excluding carboxylic acids is 1. The zero-order valence-corrected chi connectivity index (χ0v) is 15.5. The molecule has 1 amide bonds. The molecule has 138 valence electrons. The molecule has 2 aliphatic rings. The molecule has 0 spiro atoms. The number of rotatable bonds is 4. The number of nitrogens with zero attached hydrogens (tertiary/aromatic N) is 1. The summed E-state index contributed by atoms with van der Waals surface area (Å²) in [4.78, 5) is 13.9. The molecule has 25 heavy (non-hydrogen) atoms. The summed E-state index contributed by atoms with van der Waals surface area (Å²) in [6.07, 6.45) is 6.89. The average molecular weight is 345 g/mol. The van der Waals surface area contributed by atoms with Crippen molar-refractivity contribution in [1.29, 1.82) is 0 Å². The van der Waals surface area contributed by atoms with Crippen molar-refractivity contribution in [2.24, 2.45) is 5.92 Å². The summed E-state index contributed by atoms with van der Waals surface area (Å²) in [6, 6.07) is 11.0. The zero-order chi connectivity index (χ0) is 17.6. The maximum absolute atomic E-state index is 12.0. The molecule has 0 radical (unpaired) electrons. The molecule has 1 saturated carbocycles. The molecule has 1 aliphatic carbocycles. The van der Waals surface area contributed by atoms with Gasteiger partial charge in [0.05, 0.1) is 25.9 Å². The number of carbonyl (C=O) groups is 1. The van der Waals surface area contributed by atoms with Crippen molar-refractivity contribution in [2.75, 3.05) is 20.3 Å². The van der Waals surface area contributed by atoms with Crippen molar-refractivity contribution >= 4 is 6.09 Å². The van der Waals surface area contributed by atoms with Crippen molar-refractivity contribution < 1.29 is 14.3 Å². The van der Waals surface area contributed by atoms with Gasteiger partial charge in [-0.2, -0.15) is 0 Å². The van der Waals surface area contributed by atoms with Crippen LogP contribution in [0, 0.1) is 5.92 Å². The van der Waals surface area contributed by atoms with Gasteiger partial charge < -0.3 is 14.4 Å². The van der Waals surface area contributed by atoms with Crippen LogP contribution in [-0.4, -0.2) is 43.4 Å². The first-order chi connectivity index (χ1) is 12.2. The third-order valence-electron chi connectivity index (χ3n) is 5.82. The highest BCUT2D eigenvalue weighted by atomic mass is 16.5. The Morgan fingerprint density at radius 2 is 1.80 bits per heavy atom. The Bertz CT molecular complexity index is 539. The Morgan fingerprint density at radius 1 is 1.08 bits per heavy atom. The molecule has 4 heteroatoms. The topological polar surface area (TPSA) is 38.8 Å². The van der Waals surface area contributed by atoms with Gasteiger partial charge in [0, 0.05) is 6.54 Å². The molecule has 1 unspecified atom stereocenters. The van der Waals surface area contributed by atoms with Crippen LogP contribution in [-0.2, 0) is 9.47 Å². The van der Waals surface area contributed by atoms with Crippen LogP contribution in [0.4, 0.5) is 4.79 Å². The minimum Gasteiger partial charge on any atom is -0.453 e. The fourth-order valence-electron chi connectivity index (χ4n) is 4.26. The molecule has 1 aromatic rings. The standard InChI is InChI=1S/C21H31NO3/c1-16-8-11-19(22(14-16)21(23)24-2)15-25-20-12-9-18(10-13-20)17-6-4-3-5-7-17/h3-7,16,18-20H,8-15H2,1-2H3/t16-,18?,19?,20?/m0/s1. The van der Waals surface area contributed by atoms with Crippen molar-refractivity contribution in [3.63, 3.8) is 0 Å². The van der Waals surface area contributed by atoms with E-state index in [1.54, 1.807) is 0 Å². The minimum absolute atomic E-state index is 0.162. The van der Waals surface area contributed by atoms with Crippen molar-refractivity contribution in [3.8, 4) is 0 Å². The number of benzene rings is 1. The minimum atomic E-state index is -0.215. The second-order valence-corrected chi connectivity index (χ2v) is 7.68. The first kappa shape index (κ1) is 18.2. The van der Waals surface area contributed by atoms with E-state index < -0.39 is 0 Å². The van der Waals surface area contributed by atoms with E-state index in [2.05, 4.69) is 37.3 Å². The van der Waals surface area contributed by atoms with E-state index in [1.807, 2.05) is 4.90 Å². The van der Waals surface area contributed by atoms with Crippen LogP contribution in [0.15, 0.2) is 30.3 Å². The second kappa shape index (κ2) is 8.70. The summed E-state index contributed by atoms with van der Waals surface area (Å²) in [7, 11) is 1.46. The number of amides is 1. The largest absolute Gasteiger partial charge is 0.453 e. The highest BCUT2D eigenvalue weighted by Gasteiger charge is 2.32. The van der Waals surface area contributed by atoms with Gasteiger partial charge in [-0.1, -0.05) is 37.3 Å². The normalized spacial score (nSPS) is 30.1. The van der Waals surface area contributed by atoms with Crippen LogP contribution in [0.25, 0.3) is 0 Å². The highest BCUT2D eigenvalue weighted by molar-refractivity contribution is 5.68. The number of hydrogen-bond acceptors (Lipinski definition) is 3. The van der Waals surface area contributed by atoms with E-state index in [-0.39, 0.29) is 12.1 Å². The first-order valence-corrected chi connectivity index (χ1v) is 9.68. The molecule has 1 aromatic carbocycles. The highest BCUT2D eigenvalue weighted by Crippen LogP contribution is 2.34. The molecule has 0 aromatic heterocycles. The van der Waals surface area contributed by atoms with Gasteiger partial charge in [0.25, 0.3) is 0 Å².